The first-order chi connectivity index (χ1) is 29.3. The molecular weight excluding hydrogens is 786 g/mol. The van der Waals surface area contributed by atoms with Crippen molar-refractivity contribution in [3.05, 3.63) is 40.3 Å². The molecule has 0 spiro atoms. The van der Waals surface area contributed by atoms with Crippen LogP contribution in [0.5, 0.6) is 0 Å². The van der Waals surface area contributed by atoms with E-state index in [1.54, 1.807) is 24.3 Å². The maximum atomic E-state index is 13.3. The number of nitrogens with one attached hydrogen (secondary N) is 4. The first-order valence-corrected chi connectivity index (χ1v) is 20.8. The number of anilines is 1. The first kappa shape index (κ1) is 54.5. The molecule has 1 rings (SSSR count). The van der Waals surface area contributed by atoms with E-state index in [1.807, 2.05) is 20.9 Å². The first-order valence-electron chi connectivity index (χ1n) is 20.8. The van der Waals surface area contributed by atoms with E-state index >= 15 is 0 Å². The fraction of sp³-hybridized carbons (Fsp3) is 0.775. The number of rotatable bonds is 42. The molecule has 0 radical (unpaired) electrons. The van der Waals surface area contributed by atoms with Gasteiger partial charge in [-0.05, 0) is 62.0 Å². The molecule has 5 N–H and O–H groups in total. The predicted molar refractivity (Wildman–Crippen MR) is 223 cm³/mol. The van der Waals surface area contributed by atoms with E-state index in [-0.39, 0.29) is 37.4 Å². The topological polar surface area (TPSA) is 251 Å². The molecule has 20 nitrogen and oxygen atoms in total. The van der Waals surface area contributed by atoms with Gasteiger partial charge in [0.2, 0.25) is 17.7 Å². The van der Waals surface area contributed by atoms with Crippen molar-refractivity contribution in [2.24, 2.45) is 11.0 Å². The zero-order valence-corrected chi connectivity index (χ0v) is 35.9. The summed E-state index contributed by atoms with van der Waals surface area (Å²) < 4.78 is 49.0. The number of unbranched alkanes of at least 4 members (excludes halogenated alkanes) is 1. The number of carbonyl (C=O) groups excluding carboxylic acids is 3. The standard InChI is InChI=1S/C40H71N7O13/c1-33(2)38(40(51)45-36(6-4-5-12-42-3)39(50)44-35-9-7-34(32-48)8-10-35)46-37(49)11-14-52-16-18-54-20-22-56-24-26-58-28-30-60-31-29-59-27-25-57-23-21-55-19-17-53-15-13-43-47-41/h7-10,33,36,38,42,48H,4-6,11-32H2,1-3H3,(H,44,50)(H,45,51)(H,46,49)/t36-,38-/m0/s1. The van der Waals surface area contributed by atoms with Gasteiger partial charge in [0.1, 0.15) is 12.1 Å². The molecule has 0 saturated carbocycles. The molecule has 0 unspecified atom stereocenters. The number of benzene rings is 1. The number of ether oxygens (including phenoxy) is 9. The highest BCUT2D eigenvalue weighted by atomic mass is 16.6. The monoisotopic (exact) mass is 858 g/mol. The lowest BCUT2D eigenvalue weighted by atomic mass is 10.0. The number of hydrogen-bond acceptors (Lipinski definition) is 15. The highest BCUT2D eigenvalue weighted by Crippen LogP contribution is 2.12. The summed E-state index contributed by atoms with van der Waals surface area (Å²) in [6.45, 7) is 12.1. The van der Waals surface area contributed by atoms with Crippen LogP contribution in [0.1, 0.15) is 45.1 Å². The Morgan fingerprint density at radius 1 is 0.650 bits per heavy atom. The molecule has 0 saturated heterocycles. The second-order valence-corrected chi connectivity index (χ2v) is 13.5. The van der Waals surface area contributed by atoms with Crippen LogP contribution in [0.15, 0.2) is 29.4 Å². The fourth-order valence-corrected chi connectivity index (χ4v) is 5.06. The SMILES string of the molecule is CNCCCC[C@H](NC(=O)[C@@H](NC(=O)CCOCCOCCOCCOCCOCCOCCOCCOCCOCCN=[N+]=[N-])C(C)C)C(=O)Nc1ccc(CO)cc1. The van der Waals surface area contributed by atoms with Gasteiger partial charge in [-0.25, -0.2) is 0 Å². The van der Waals surface area contributed by atoms with Gasteiger partial charge >= 0.3 is 0 Å². The maximum absolute atomic E-state index is 13.3. The van der Waals surface area contributed by atoms with Crippen LogP contribution in [0.3, 0.4) is 0 Å². The fourth-order valence-electron chi connectivity index (χ4n) is 5.06. The van der Waals surface area contributed by atoms with Crippen molar-refractivity contribution in [1.82, 2.24) is 16.0 Å². The zero-order valence-electron chi connectivity index (χ0n) is 35.9. The number of aliphatic hydroxyl groups is 1. The highest BCUT2D eigenvalue weighted by Gasteiger charge is 2.28. The minimum absolute atomic E-state index is 0.0612. The van der Waals surface area contributed by atoms with Crippen molar-refractivity contribution in [2.75, 3.05) is 144 Å². The molecule has 3 amide bonds. The van der Waals surface area contributed by atoms with E-state index in [4.69, 9.17) is 48.2 Å². The zero-order chi connectivity index (χ0) is 43.7. The van der Waals surface area contributed by atoms with Gasteiger partial charge in [0.05, 0.1) is 126 Å². The van der Waals surface area contributed by atoms with Crippen LogP contribution in [0.25, 0.3) is 10.4 Å². The van der Waals surface area contributed by atoms with Gasteiger partial charge in [0.15, 0.2) is 0 Å². The molecule has 0 fully saturated rings. The third kappa shape index (κ3) is 31.4. The van der Waals surface area contributed by atoms with Crippen molar-refractivity contribution in [2.45, 2.75) is 58.2 Å². The van der Waals surface area contributed by atoms with Crippen LogP contribution < -0.4 is 21.3 Å². The molecular formula is C40H71N7O13. The molecule has 0 aliphatic heterocycles. The summed E-state index contributed by atoms with van der Waals surface area (Å²) >= 11 is 0. The molecule has 1 aromatic carbocycles. The van der Waals surface area contributed by atoms with Crippen LogP contribution in [0.2, 0.25) is 0 Å². The lowest BCUT2D eigenvalue weighted by Crippen LogP contribution is -2.54. The van der Waals surface area contributed by atoms with Gasteiger partial charge in [-0.3, -0.25) is 14.4 Å². The van der Waals surface area contributed by atoms with Crippen LogP contribution in [0, 0.1) is 5.92 Å². The smallest absolute Gasteiger partial charge is 0.246 e. The van der Waals surface area contributed by atoms with E-state index in [2.05, 4.69) is 31.3 Å². The molecule has 60 heavy (non-hydrogen) atoms. The molecule has 0 aromatic heterocycles. The normalized spacial score (nSPS) is 12.2. The Morgan fingerprint density at radius 2 is 1.10 bits per heavy atom. The van der Waals surface area contributed by atoms with Crippen LogP contribution in [0.4, 0.5) is 5.69 Å². The van der Waals surface area contributed by atoms with Crippen LogP contribution in [-0.4, -0.2) is 174 Å². The average molecular weight is 858 g/mol. The van der Waals surface area contributed by atoms with Gasteiger partial charge in [0, 0.05) is 23.6 Å². The number of aliphatic hydroxyl groups excluding tert-OH is 1. The van der Waals surface area contributed by atoms with E-state index in [9.17, 15) is 19.5 Å². The number of amides is 3. The summed E-state index contributed by atoms with van der Waals surface area (Å²) in [5, 5.41) is 24.2. The van der Waals surface area contributed by atoms with Gasteiger partial charge < -0.3 is 69.0 Å². The van der Waals surface area contributed by atoms with Crippen LogP contribution >= 0.6 is 0 Å². The number of azide groups is 1. The Balaban J connectivity index is 2.04. The van der Waals surface area contributed by atoms with E-state index in [0.717, 1.165) is 18.5 Å². The van der Waals surface area contributed by atoms with Crippen molar-refractivity contribution < 1.29 is 62.1 Å². The number of carbonyl (C=O) groups is 3. The minimum atomic E-state index is -0.834. The van der Waals surface area contributed by atoms with Crippen molar-refractivity contribution in [1.29, 1.82) is 0 Å². The quantitative estimate of drug-likeness (QED) is 0.0273. The third-order valence-corrected chi connectivity index (χ3v) is 8.32. The second-order valence-electron chi connectivity index (χ2n) is 13.5. The molecule has 2 atom stereocenters. The summed E-state index contributed by atoms with van der Waals surface area (Å²) in [6.07, 6.45) is 2.03. The Labute approximate surface area is 354 Å². The largest absolute Gasteiger partial charge is 0.392 e. The number of hydrogen-bond donors (Lipinski definition) is 5. The molecule has 0 heterocycles. The molecule has 344 valence electrons. The van der Waals surface area contributed by atoms with Crippen molar-refractivity contribution >= 4 is 23.4 Å². The highest BCUT2D eigenvalue weighted by molar-refractivity contribution is 5.98. The third-order valence-electron chi connectivity index (χ3n) is 8.32. The summed E-state index contributed by atoms with van der Waals surface area (Å²) in [6, 6.07) is 5.19. The summed E-state index contributed by atoms with van der Waals surface area (Å²) in [5.74, 6) is -1.35. The van der Waals surface area contributed by atoms with E-state index < -0.39 is 18.0 Å². The number of nitrogens with zero attached hydrogens (tertiary/aromatic N) is 3. The molecule has 0 aliphatic rings. The lowest BCUT2D eigenvalue weighted by Gasteiger charge is -2.25. The molecule has 0 bridgehead atoms. The summed E-state index contributed by atoms with van der Waals surface area (Å²) in [5.41, 5.74) is 9.44. The van der Waals surface area contributed by atoms with Gasteiger partial charge in [-0.2, -0.15) is 0 Å². The molecule has 20 heteroatoms. The Morgan fingerprint density at radius 3 is 1.52 bits per heavy atom. The molecule has 1 aromatic rings. The van der Waals surface area contributed by atoms with E-state index in [1.165, 1.54) is 0 Å². The summed E-state index contributed by atoms with van der Waals surface area (Å²) in [7, 11) is 1.86. The van der Waals surface area contributed by atoms with Crippen molar-refractivity contribution in [3.8, 4) is 0 Å². The maximum Gasteiger partial charge on any atom is 0.246 e. The minimum Gasteiger partial charge on any atom is -0.392 e. The second kappa shape index (κ2) is 39.6. The predicted octanol–water partition coefficient (Wildman–Crippen LogP) is 1.98. The van der Waals surface area contributed by atoms with Gasteiger partial charge in [-0.1, -0.05) is 31.1 Å². The van der Waals surface area contributed by atoms with Crippen LogP contribution in [-0.2, 0) is 63.6 Å². The van der Waals surface area contributed by atoms with Crippen molar-refractivity contribution in [3.63, 3.8) is 0 Å². The Bertz CT molecular complexity index is 1260. The van der Waals surface area contributed by atoms with Gasteiger partial charge in [0.25, 0.3) is 0 Å². The van der Waals surface area contributed by atoms with E-state index in [0.29, 0.717) is 137 Å². The van der Waals surface area contributed by atoms with Gasteiger partial charge in [-0.15, -0.1) is 0 Å². The average Bonchev–Trinajstić information content (AvgIpc) is 3.24. The summed E-state index contributed by atoms with van der Waals surface area (Å²) in [4.78, 5) is 41.9. The molecule has 0 aliphatic carbocycles. The Kier molecular flexibility index (Phi) is 36.0. The lowest BCUT2D eigenvalue weighted by molar-refractivity contribution is -0.132. The Hall–Kier alpha value is -3.50.